The molecule has 0 fully saturated rings. The van der Waals surface area contributed by atoms with Crippen molar-refractivity contribution in [3.05, 3.63) is 293 Å². The normalized spacial score (nSPS) is 16.9. The third kappa shape index (κ3) is 5.08. The van der Waals surface area contributed by atoms with Gasteiger partial charge in [-0.1, -0.05) is 200 Å². The van der Waals surface area contributed by atoms with Crippen LogP contribution in [0.25, 0.3) is 44.2 Å². The number of anilines is 3. The van der Waals surface area contributed by atoms with Crippen LogP contribution in [0.15, 0.2) is 253 Å². The van der Waals surface area contributed by atoms with Crippen molar-refractivity contribution in [1.29, 1.82) is 0 Å². The second-order valence-corrected chi connectivity index (χ2v) is 17.1. The molecule has 64 heavy (non-hydrogen) atoms. The molecule has 0 radical (unpaired) electrons. The predicted octanol–water partition coefficient (Wildman–Crippen LogP) is 15.8. The average Bonchev–Trinajstić information content (AvgIpc) is 3.90. The molecular weight excluding hydrogens is 775 g/mol. The summed E-state index contributed by atoms with van der Waals surface area (Å²) in [4.78, 5) is 2.41. The standard InChI is InChI=1S/C62H41NO/c1-4-18-42(19-5-1)43-34-36-47(37-35-43)63(49-38-39-59-53(41-49)51-27-11-15-33-58(51)64-59)48-25-16-24-46(40-48)61(44-20-6-2-7-21-44)55-30-13-14-31-56(55)62(45-22-8-3-9-23-45)54-29-12-10-26-50(54)52-28-17-32-57(61)60(52)62/h1-41H. The van der Waals surface area contributed by atoms with Gasteiger partial charge < -0.3 is 9.32 Å². The number of hydrogen-bond acceptors (Lipinski definition) is 2. The minimum atomic E-state index is -0.674. The van der Waals surface area contributed by atoms with Gasteiger partial charge in [0.1, 0.15) is 11.2 Å². The Bertz CT molecular complexity index is 3550. The van der Waals surface area contributed by atoms with E-state index in [1.807, 2.05) is 6.07 Å². The van der Waals surface area contributed by atoms with E-state index in [2.05, 4.69) is 248 Å². The second kappa shape index (κ2) is 14.2. The van der Waals surface area contributed by atoms with E-state index in [9.17, 15) is 0 Å². The summed E-state index contributed by atoms with van der Waals surface area (Å²) in [6, 6.07) is 91.6. The van der Waals surface area contributed by atoms with Gasteiger partial charge >= 0.3 is 0 Å². The number of para-hydroxylation sites is 1. The molecule has 2 unspecified atom stereocenters. The molecule has 2 aliphatic rings. The Balaban J connectivity index is 1.10. The number of benzene rings is 10. The maximum atomic E-state index is 6.36. The highest BCUT2D eigenvalue weighted by atomic mass is 16.3. The Kier molecular flexibility index (Phi) is 8.07. The average molecular weight is 816 g/mol. The van der Waals surface area contributed by atoms with E-state index in [4.69, 9.17) is 4.42 Å². The zero-order valence-corrected chi connectivity index (χ0v) is 35.0. The molecule has 0 spiro atoms. The highest BCUT2D eigenvalue weighted by Gasteiger charge is 2.57. The lowest BCUT2D eigenvalue weighted by Crippen LogP contribution is -2.44. The van der Waals surface area contributed by atoms with Gasteiger partial charge in [-0.15, -0.1) is 0 Å². The summed E-state index contributed by atoms with van der Waals surface area (Å²) >= 11 is 0. The van der Waals surface area contributed by atoms with Crippen LogP contribution in [0, 0.1) is 0 Å². The number of rotatable bonds is 7. The maximum absolute atomic E-state index is 6.36. The minimum Gasteiger partial charge on any atom is -0.456 e. The van der Waals surface area contributed by atoms with Crippen LogP contribution in [-0.4, -0.2) is 0 Å². The Morgan fingerprint density at radius 2 is 0.812 bits per heavy atom. The van der Waals surface area contributed by atoms with Crippen molar-refractivity contribution < 1.29 is 4.42 Å². The fourth-order valence-electron chi connectivity index (χ4n) is 11.5. The topological polar surface area (TPSA) is 16.4 Å². The second-order valence-electron chi connectivity index (χ2n) is 17.1. The number of fused-ring (bicyclic) bond motifs is 8. The molecule has 2 aliphatic carbocycles. The van der Waals surface area contributed by atoms with Crippen molar-refractivity contribution in [3.8, 4) is 22.3 Å². The predicted molar refractivity (Wildman–Crippen MR) is 263 cm³/mol. The van der Waals surface area contributed by atoms with Crippen molar-refractivity contribution in [2.24, 2.45) is 0 Å². The zero-order chi connectivity index (χ0) is 42.2. The van der Waals surface area contributed by atoms with E-state index < -0.39 is 10.8 Å². The van der Waals surface area contributed by atoms with Gasteiger partial charge in [-0.2, -0.15) is 0 Å². The van der Waals surface area contributed by atoms with Crippen LogP contribution in [0.4, 0.5) is 17.1 Å². The molecule has 0 saturated heterocycles. The molecule has 2 atom stereocenters. The maximum Gasteiger partial charge on any atom is 0.135 e. The zero-order valence-electron chi connectivity index (χ0n) is 35.0. The molecule has 0 aliphatic heterocycles. The summed E-state index contributed by atoms with van der Waals surface area (Å²) in [6.07, 6.45) is 0. The summed E-state index contributed by atoms with van der Waals surface area (Å²) in [5.41, 5.74) is 19.1. The first kappa shape index (κ1) is 36.5. The molecule has 10 aromatic carbocycles. The molecule has 0 saturated carbocycles. The van der Waals surface area contributed by atoms with E-state index >= 15 is 0 Å². The van der Waals surface area contributed by atoms with Crippen LogP contribution in [0.2, 0.25) is 0 Å². The molecule has 0 N–H and O–H groups in total. The summed E-state index contributed by atoms with van der Waals surface area (Å²) < 4.78 is 6.36. The first-order chi connectivity index (χ1) is 31.7. The first-order valence-corrected chi connectivity index (χ1v) is 22.2. The molecule has 1 aromatic heterocycles. The molecule has 300 valence electrons. The molecule has 11 aromatic rings. The van der Waals surface area contributed by atoms with E-state index in [0.29, 0.717) is 0 Å². The number of hydrogen-bond donors (Lipinski definition) is 0. The Labute approximate surface area is 373 Å². The number of nitrogens with zero attached hydrogens (tertiary/aromatic N) is 1. The summed E-state index contributed by atoms with van der Waals surface area (Å²) in [7, 11) is 0. The lowest BCUT2D eigenvalue weighted by molar-refractivity contribution is 0.627. The van der Waals surface area contributed by atoms with Crippen LogP contribution in [-0.2, 0) is 10.8 Å². The SMILES string of the molecule is c1ccc(-c2ccc(N(c3cccc(C4(c5ccccc5)c5ccccc5C5(c6ccccc6)c6ccccc6-c6cccc4c65)c3)c3ccc4oc5ccccc5c4c3)cc2)cc1. The molecule has 2 heteroatoms. The molecular formula is C62H41NO. The Morgan fingerprint density at radius 3 is 1.58 bits per heavy atom. The highest BCUT2D eigenvalue weighted by molar-refractivity contribution is 6.06. The van der Waals surface area contributed by atoms with Gasteiger partial charge in [0, 0.05) is 27.8 Å². The summed E-state index contributed by atoms with van der Waals surface area (Å²) in [5.74, 6) is 0. The molecule has 0 amide bonds. The van der Waals surface area contributed by atoms with Gasteiger partial charge in [-0.25, -0.2) is 0 Å². The van der Waals surface area contributed by atoms with Crippen LogP contribution in [0.1, 0.15) is 44.5 Å². The third-order valence-electron chi connectivity index (χ3n) is 14.0. The van der Waals surface area contributed by atoms with Gasteiger partial charge in [-0.3, -0.25) is 0 Å². The van der Waals surface area contributed by atoms with Gasteiger partial charge in [0.05, 0.1) is 10.8 Å². The van der Waals surface area contributed by atoms with E-state index in [-0.39, 0.29) is 0 Å². The van der Waals surface area contributed by atoms with E-state index in [1.54, 1.807) is 0 Å². The molecule has 0 bridgehead atoms. The first-order valence-electron chi connectivity index (χ1n) is 22.2. The molecule has 1 heterocycles. The van der Waals surface area contributed by atoms with Crippen LogP contribution < -0.4 is 4.90 Å². The van der Waals surface area contributed by atoms with Crippen molar-refractivity contribution in [3.63, 3.8) is 0 Å². The van der Waals surface area contributed by atoms with Crippen molar-refractivity contribution in [1.82, 2.24) is 0 Å². The summed E-state index contributed by atoms with van der Waals surface area (Å²) in [6.45, 7) is 0. The largest absolute Gasteiger partial charge is 0.456 e. The van der Waals surface area contributed by atoms with E-state index in [0.717, 1.165) is 39.0 Å². The van der Waals surface area contributed by atoms with Crippen molar-refractivity contribution in [2.45, 2.75) is 10.8 Å². The number of furan rings is 1. The monoisotopic (exact) mass is 815 g/mol. The van der Waals surface area contributed by atoms with Gasteiger partial charge in [0.15, 0.2) is 0 Å². The lowest BCUT2D eigenvalue weighted by atomic mass is 9.51. The van der Waals surface area contributed by atoms with Crippen molar-refractivity contribution in [2.75, 3.05) is 4.90 Å². The fourth-order valence-corrected chi connectivity index (χ4v) is 11.5. The van der Waals surface area contributed by atoms with Gasteiger partial charge in [0.2, 0.25) is 0 Å². The Hall–Kier alpha value is -8.20. The molecule has 13 rings (SSSR count). The smallest absolute Gasteiger partial charge is 0.135 e. The fraction of sp³-hybridized carbons (Fsp3) is 0.0323. The van der Waals surface area contributed by atoms with Gasteiger partial charge in [-0.05, 0) is 115 Å². The Morgan fingerprint density at radius 1 is 0.297 bits per heavy atom. The van der Waals surface area contributed by atoms with Crippen LogP contribution in [0.3, 0.4) is 0 Å². The quantitative estimate of drug-likeness (QED) is 0.159. The molecule has 2 nitrogen and oxygen atoms in total. The van der Waals surface area contributed by atoms with Crippen LogP contribution >= 0.6 is 0 Å². The third-order valence-corrected chi connectivity index (χ3v) is 14.0. The van der Waals surface area contributed by atoms with Crippen LogP contribution in [0.5, 0.6) is 0 Å². The summed E-state index contributed by atoms with van der Waals surface area (Å²) in [5, 5.41) is 2.20. The van der Waals surface area contributed by atoms with E-state index in [1.165, 1.54) is 66.8 Å². The highest BCUT2D eigenvalue weighted by Crippen LogP contribution is 2.66. The minimum absolute atomic E-state index is 0.508. The van der Waals surface area contributed by atoms with Gasteiger partial charge in [0.25, 0.3) is 0 Å². The lowest BCUT2D eigenvalue weighted by Gasteiger charge is -2.49. The van der Waals surface area contributed by atoms with Crippen molar-refractivity contribution >= 4 is 39.0 Å².